The minimum Gasteiger partial charge on any atom is -0.327 e. The number of rotatable bonds is 2. The van der Waals surface area contributed by atoms with Gasteiger partial charge in [-0.15, -0.1) is 0 Å². The topological polar surface area (TPSA) is 26.0 Å². The van der Waals surface area contributed by atoms with E-state index in [1.807, 2.05) is 0 Å². The van der Waals surface area contributed by atoms with Crippen LogP contribution in [0.5, 0.6) is 0 Å². The summed E-state index contributed by atoms with van der Waals surface area (Å²) in [5.74, 6) is 0.724. The normalized spacial score (nSPS) is 27.8. The molecule has 1 aliphatic carbocycles. The predicted octanol–water partition coefficient (Wildman–Crippen LogP) is 2.36. The van der Waals surface area contributed by atoms with Crippen molar-refractivity contribution < 1.29 is 0 Å². The summed E-state index contributed by atoms with van der Waals surface area (Å²) in [6.45, 7) is 0. The molecule has 1 aliphatic rings. The van der Waals surface area contributed by atoms with Gasteiger partial charge in [0.05, 0.1) is 0 Å². The van der Waals surface area contributed by atoms with E-state index in [9.17, 15) is 0 Å². The Bertz CT molecular complexity index is 255. The summed E-state index contributed by atoms with van der Waals surface area (Å²) in [5, 5.41) is 0. The average Bonchev–Trinajstić information content (AvgIpc) is 2.54. The molecule has 0 aromatic heterocycles. The van der Waals surface area contributed by atoms with Crippen LogP contribution in [-0.4, -0.2) is 6.04 Å². The van der Waals surface area contributed by atoms with Crippen molar-refractivity contribution in [1.29, 1.82) is 0 Å². The van der Waals surface area contributed by atoms with Gasteiger partial charge in [0.1, 0.15) is 0 Å². The quantitative estimate of drug-likeness (QED) is 0.733. The number of hydrogen-bond donors (Lipinski definition) is 1. The Morgan fingerprint density at radius 2 is 1.92 bits per heavy atom. The molecule has 0 radical (unpaired) electrons. The molecule has 0 bridgehead atoms. The van der Waals surface area contributed by atoms with E-state index in [0.717, 1.165) is 5.92 Å². The molecule has 2 N–H and O–H groups in total. The molecule has 0 aliphatic heterocycles. The molecule has 0 amide bonds. The van der Waals surface area contributed by atoms with E-state index in [2.05, 4.69) is 30.3 Å². The van der Waals surface area contributed by atoms with Crippen molar-refractivity contribution in [2.24, 2.45) is 11.7 Å². The van der Waals surface area contributed by atoms with E-state index < -0.39 is 0 Å². The predicted molar refractivity (Wildman–Crippen MR) is 55.5 cm³/mol. The summed E-state index contributed by atoms with van der Waals surface area (Å²) in [6, 6.07) is 11.1. The second-order valence-corrected chi connectivity index (χ2v) is 4.04. The minimum atomic E-state index is 0.445. The number of nitrogens with two attached hydrogens (primary N) is 1. The average molecular weight is 175 g/mol. The Hall–Kier alpha value is -0.820. The summed E-state index contributed by atoms with van der Waals surface area (Å²) < 4.78 is 0. The van der Waals surface area contributed by atoms with E-state index in [1.54, 1.807) is 0 Å². The maximum Gasteiger partial charge on any atom is 0.00703 e. The molecular formula is C12H17N. The lowest BCUT2D eigenvalue weighted by Crippen LogP contribution is -2.25. The Morgan fingerprint density at radius 3 is 2.54 bits per heavy atom. The Kier molecular flexibility index (Phi) is 2.65. The highest BCUT2D eigenvalue weighted by molar-refractivity contribution is 5.15. The molecule has 1 aromatic rings. The van der Waals surface area contributed by atoms with Gasteiger partial charge in [-0.1, -0.05) is 36.8 Å². The third kappa shape index (κ3) is 2.10. The van der Waals surface area contributed by atoms with Crippen molar-refractivity contribution in [3.63, 3.8) is 0 Å². The van der Waals surface area contributed by atoms with Gasteiger partial charge < -0.3 is 5.73 Å². The van der Waals surface area contributed by atoms with Crippen molar-refractivity contribution in [3.05, 3.63) is 35.9 Å². The second kappa shape index (κ2) is 3.93. The van der Waals surface area contributed by atoms with Crippen molar-refractivity contribution >= 4 is 0 Å². The smallest absolute Gasteiger partial charge is 0.00703 e. The van der Waals surface area contributed by atoms with Crippen LogP contribution in [0.25, 0.3) is 0 Å². The molecule has 1 heteroatoms. The summed E-state index contributed by atoms with van der Waals surface area (Å²) >= 11 is 0. The number of benzene rings is 1. The van der Waals surface area contributed by atoms with E-state index in [1.165, 1.54) is 31.2 Å². The summed E-state index contributed by atoms with van der Waals surface area (Å²) in [7, 11) is 0. The molecule has 2 rings (SSSR count). The molecule has 70 valence electrons. The fourth-order valence-electron chi connectivity index (χ4n) is 2.24. The molecule has 1 nitrogen and oxygen atoms in total. The zero-order chi connectivity index (χ0) is 9.10. The van der Waals surface area contributed by atoms with Gasteiger partial charge >= 0.3 is 0 Å². The highest BCUT2D eigenvalue weighted by Crippen LogP contribution is 2.27. The molecular weight excluding hydrogens is 158 g/mol. The fourth-order valence-corrected chi connectivity index (χ4v) is 2.24. The third-order valence-corrected chi connectivity index (χ3v) is 3.06. The van der Waals surface area contributed by atoms with Gasteiger partial charge in [0.15, 0.2) is 0 Å². The van der Waals surface area contributed by atoms with E-state index in [4.69, 9.17) is 5.73 Å². The second-order valence-electron chi connectivity index (χ2n) is 4.04. The van der Waals surface area contributed by atoms with Gasteiger partial charge in [-0.05, 0) is 30.7 Å². The molecule has 13 heavy (non-hydrogen) atoms. The van der Waals surface area contributed by atoms with Gasteiger partial charge in [0, 0.05) is 6.04 Å². The molecule has 2 atom stereocenters. The standard InChI is InChI=1S/C12H17N/c13-12-8-4-7-11(12)9-10-5-2-1-3-6-10/h1-3,5-6,11-12H,4,7-9,13H2/t11?,12-/m1/s1. The van der Waals surface area contributed by atoms with Crippen LogP contribution in [0.1, 0.15) is 24.8 Å². The highest BCUT2D eigenvalue weighted by atomic mass is 14.7. The van der Waals surface area contributed by atoms with Crippen LogP contribution in [0.3, 0.4) is 0 Å². The molecule has 0 spiro atoms. The van der Waals surface area contributed by atoms with E-state index >= 15 is 0 Å². The zero-order valence-electron chi connectivity index (χ0n) is 7.95. The third-order valence-electron chi connectivity index (χ3n) is 3.06. The van der Waals surface area contributed by atoms with Gasteiger partial charge in [0.25, 0.3) is 0 Å². The molecule has 1 saturated carbocycles. The van der Waals surface area contributed by atoms with Crippen LogP contribution >= 0.6 is 0 Å². The monoisotopic (exact) mass is 175 g/mol. The van der Waals surface area contributed by atoms with Crippen molar-refractivity contribution in [2.45, 2.75) is 31.7 Å². The number of hydrogen-bond acceptors (Lipinski definition) is 1. The Balaban J connectivity index is 1.98. The van der Waals surface area contributed by atoms with Gasteiger partial charge in [-0.2, -0.15) is 0 Å². The van der Waals surface area contributed by atoms with Crippen LogP contribution in [0.4, 0.5) is 0 Å². The first-order valence-electron chi connectivity index (χ1n) is 5.16. The van der Waals surface area contributed by atoms with Crippen LogP contribution in [0.2, 0.25) is 0 Å². The maximum atomic E-state index is 6.03. The summed E-state index contributed by atoms with van der Waals surface area (Å²) in [4.78, 5) is 0. The van der Waals surface area contributed by atoms with Crippen LogP contribution in [0.15, 0.2) is 30.3 Å². The summed E-state index contributed by atoms with van der Waals surface area (Å²) in [5.41, 5.74) is 7.46. The van der Waals surface area contributed by atoms with Gasteiger partial charge in [0.2, 0.25) is 0 Å². The van der Waals surface area contributed by atoms with Crippen LogP contribution in [-0.2, 0) is 6.42 Å². The first kappa shape index (κ1) is 8.76. The largest absolute Gasteiger partial charge is 0.327 e. The van der Waals surface area contributed by atoms with Crippen LogP contribution in [0, 0.1) is 5.92 Å². The summed E-state index contributed by atoms with van der Waals surface area (Å²) in [6.07, 6.45) is 5.02. The molecule has 1 fully saturated rings. The molecule has 1 unspecified atom stereocenters. The molecule has 0 saturated heterocycles. The van der Waals surface area contributed by atoms with Crippen molar-refractivity contribution in [1.82, 2.24) is 0 Å². The first-order chi connectivity index (χ1) is 6.36. The maximum absolute atomic E-state index is 6.03. The molecule has 0 heterocycles. The lowest BCUT2D eigenvalue weighted by molar-refractivity contribution is 0.479. The van der Waals surface area contributed by atoms with E-state index in [-0.39, 0.29) is 0 Å². The fraction of sp³-hybridized carbons (Fsp3) is 0.500. The van der Waals surface area contributed by atoms with E-state index in [0.29, 0.717) is 6.04 Å². The Labute approximate surface area is 80.0 Å². The highest BCUT2D eigenvalue weighted by Gasteiger charge is 2.23. The lowest BCUT2D eigenvalue weighted by Gasteiger charge is -2.14. The van der Waals surface area contributed by atoms with Gasteiger partial charge in [-0.3, -0.25) is 0 Å². The zero-order valence-corrected chi connectivity index (χ0v) is 7.95. The lowest BCUT2D eigenvalue weighted by atomic mass is 9.95. The van der Waals surface area contributed by atoms with Crippen molar-refractivity contribution in [2.75, 3.05) is 0 Å². The minimum absolute atomic E-state index is 0.445. The SMILES string of the molecule is N[C@@H]1CCCC1Cc1ccccc1. The van der Waals surface area contributed by atoms with Crippen LogP contribution < -0.4 is 5.73 Å². The Morgan fingerprint density at radius 1 is 1.15 bits per heavy atom. The molecule has 1 aromatic carbocycles. The van der Waals surface area contributed by atoms with Crippen molar-refractivity contribution in [3.8, 4) is 0 Å². The van der Waals surface area contributed by atoms with Gasteiger partial charge in [-0.25, -0.2) is 0 Å². The first-order valence-corrected chi connectivity index (χ1v) is 5.16.